The molecule has 0 saturated heterocycles. The zero-order chi connectivity index (χ0) is 13.8. The topological polar surface area (TPSA) is 75.4 Å². The van der Waals surface area contributed by atoms with Gasteiger partial charge >= 0.3 is 0 Å². The van der Waals surface area contributed by atoms with Gasteiger partial charge in [-0.15, -0.1) is 0 Å². The van der Waals surface area contributed by atoms with Gasteiger partial charge in [0.1, 0.15) is 0 Å². The molecule has 0 atom stereocenters. The molecular weight excluding hydrogens is 250 g/mol. The number of nitrogens with one attached hydrogen (secondary N) is 1. The maximum atomic E-state index is 11.6. The molecule has 6 heteroatoms. The van der Waals surface area contributed by atoms with Gasteiger partial charge in [0.2, 0.25) is 10.0 Å². The van der Waals surface area contributed by atoms with Gasteiger partial charge in [0.15, 0.2) is 0 Å². The fourth-order valence-corrected chi connectivity index (χ4v) is 2.49. The normalized spacial score (nSPS) is 11.8. The minimum absolute atomic E-state index is 0.269. The molecule has 0 spiro atoms. The second-order valence-corrected chi connectivity index (χ2v) is 6.16. The van der Waals surface area contributed by atoms with Crippen molar-refractivity contribution < 1.29 is 8.42 Å². The van der Waals surface area contributed by atoms with Gasteiger partial charge in [0, 0.05) is 24.8 Å². The lowest BCUT2D eigenvalue weighted by atomic mass is 10.2. The first-order valence-corrected chi connectivity index (χ1v) is 7.41. The molecule has 0 aliphatic carbocycles. The maximum absolute atomic E-state index is 11.6. The first-order chi connectivity index (χ1) is 8.42. The van der Waals surface area contributed by atoms with E-state index in [0.717, 1.165) is 12.2 Å². The van der Waals surface area contributed by atoms with E-state index in [1.165, 1.54) is 7.05 Å². The Bertz CT molecular complexity index is 469. The van der Waals surface area contributed by atoms with Gasteiger partial charge in [-0.3, -0.25) is 0 Å². The molecule has 0 aromatic heterocycles. The summed E-state index contributed by atoms with van der Waals surface area (Å²) in [6.07, 6.45) is 0. The second-order valence-electron chi connectivity index (χ2n) is 4.28. The summed E-state index contributed by atoms with van der Waals surface area (Å²) in [7, 11) is -1.97. The highest BCUT2D eigenvalue weighted by Gasteiger charge is 2.13. The van der Waals surface area contributed by atoms with Crippen LogP contribution in [-0.2, 0) is 10.0 Å². The largest absolute Gasteiger partial charge is 0.368 e. The number of rotatable bonds is 6. The average molecular weight is 271 g/mol. The summed E-state index contributed by atoms with van der Waals surface area (Å²) >= 11 is 0. The Hall–Kier alpha value is -1.11. The van der Waals surface area contributed by atoms with E-state index in [1.807, 2.05) is 0 Å². The van der Waals surface area contributed by atoms with Crippen molar-refractivity contribution in [2.45, 2.75) is 24.8 Å². The summed E-state index contributed by atoms with van der Waals surface area (Å²) < 4.78 is 25.5. The van der Waals surface area contributed by atoms with E-state index in [4.69, 9.17) is 5.73 Å². The number of sulfonamides is 1. The lowest BCUT2D eigenvalue weighted by Gasteiger charge is -2.28. The molecule has 0 radical (unpaired) electrons. The van der Waals surface area contributed by atoms with E-state index in [0.29, 0.717) is 12.6 Å². The summed E-state index contributed by atoms with van der Waals surface area (Å²) in [6, 6.07) is 7.14. The van der Waals surface area contributed by atoms with Gasteiger partial charge < -0.3 is 10.6 Å². The van der Waals surface area contributed by atoms with Crippen LogP contribution in [0, 0.1) is 0 Å². The quantitative estimate of drug-likeness (QED) is 0.801. The number of hydrogen-bond acceptors (Lipinski definition) is 4. The van der Waals surface area contributed by atoms with Crippen molar-refractivity contribution in [2.24, 2.45) is 5.73 Å². The molecule has 18 heavy (non-hydrogen) atoms. The minimum Gasteiger partial charge on any atom is -0.368 e. The molecule has 0 saturated carbocycles. The fourth-order valence-electron chi connectivity index (χ4n) is 1.76. The van der Waals surface area contributed by atoms with Crippen LogP contribution in [0.1, 0.15) is 13.8 Å². The van der Waals surface area contributed by atoms with Crippen molar-refractivity contribution in [3.8, 4) is 0 Å². The average Bonchev–Trinajstić information content (AvgIpc) is 2.36. The highest BCUT2D eigenvalue weighted by molar-refractivity contribution is 7.89. The highest BCUT2D eigenvalue weighted by Crippen LogP contribution is 2.19. The third kappa shape index (κ3) is 3.44. The van der Waals surface area contributed by atoms with Crippen molar-refractivity contribution >= 4 is 15.7 Å². The van der Waals surface area contributed by atoms with Crippen LogP contribution in [0.4, 0.5) is 5.69 Å². The van der Waals surface area contributed by atoms with Gasteiger partial charge in [0.25, 0.3) is 0 Å². The molecule has 0 amide bonds. The number of nitrogens with two attached hydrogens (primary N) is 1. The molecule has 0 bridgehead atoms. The minimum atomic E-state index is -3.37. The summed E-state index contributed by atoms with van der Waals surface area (Å²) in [5.74, 6) is 0. The van der Waals surface area contributed by atoms with Gasteiger partial charge in [0.05, 0.1) is 4.90 Å². The van der Waals surface area contributed by atoms with Crippen molar-refractivity contribution in [2.75, 3.05) is 25.0 Å². The summed E-state index contributed by atoms with van der Waals surface area (Å²) in [4.78, 5) is 2.40. The second kappa shape index (κ2) is 6.17. The Morgan fingerprint density at radius 1 is 1.28 bits per heavy atom. The molecule has 102 valence electrons. The SMILES string of the molecule is CNS(=O)(=O)c1ccc(N(CCN)C(C)C)cc1. The van der Waals surface area contributed by atoms with Crippen molar-refractivity contribution in [3.63, 3.8) is 0 Å². The Kier molecular flexibility index (Phi) is 5.13. The molecule has 0 aliphatic rings. The Morgan fingerprint density at radius 2 is 1.83 bits per heavy atom. The first-order valence-electron chi connectivity index (χ1n) is 5.92. The standard InChI is InChI=1S/C12H21N3O2S/c1-10(2)15(9-8-13)11-4-6-12(7-5-11)18(16,17)14-3/h4-7,10,14H,8-9,13H2,1-3H3. The van der Waals surface area contributed by atoms with Gasteiger partial charge in [-0.05, 0) is 45.2 Å². The maximum Gasteiger partial charge on any atom is 0.240 e. The fraction of sp³-hybridized carbons (Fsp3) is 0.500. The number of nitrogens with zero attached hydrogens (tertiary/aromatic N) is 1. The van der Waals surface area contributed by atoms with Crippen LogP contribution in [0.15, 0.2) is 29.2 Å². The molecule has 0 aliphatic heterocycles. The van der Waals surface area contributed by atoms with Crippen LogP contribution in [0.2, 0.25) is 0 Å². The monoisotopic (exact) mass is 271 g/mol. The van der Waals surface area contributed by atoms with E-state index < -0.39 is 10.0 Å². The third-order valence-corrected chi connectivity index (χ3v) is 4.17. The Balaban J connectivity index is 3.01. The van der Waals surface area contributed by atoms with Crippen molar-refractivity contribution in [1.82, 2.24) is 4.72 Å². The molecule has 1 aromatic carbocycles. The molecule has 0 heterocycles. The van der Waals surface area contributed by atoms with E-state index in [-0.39, 0.29) is 4.90 Å². The van der Waals surface area contributed by atoms with Gasteiger partial charge in [-0.25, -0.2) is 13.1 Å². The van der Waals surface area contributed by atoms with Crippen LogP contribution in [0.25, 0.3) is 0 Å². The lowest BCUT2D eigenvalue weighted by Crippen LogP contribution is -2.35. The van der Waals surface area contributed by atoms with Crippen molar-refractivity contribution in [3.05, 3.63) is 24.3 Å². The number of benzene rings is 1. The molecule has 3 N–H and O–H groups in total. The highest BCUT2D eigenvalue weighted by atomic mass is 32.2. The van der Waals surface area contributed by atoms with Gasteiger partial charge in [-0.1, -0.05) is 0 Å². The van der Waals surface area contributed by atoms with Crippen molar-refractivity contribution in [1.29, 1.82) is 0 Å². The van der Waals surface area contributed by atoms with E-state index in [2.05, 4.69) is 23.5 Å². The molecule has 0 unspecified atom stereocenters. The number of anilines is 1. The summed E-state index contributed by atoms with van der Waals surface area (Å²) in [5, 5.41) is 0. The van der Waals surface area contributed by atoms with Crippen LogP contribution in [0.5, 0.6) is 0 Å². The predicted molar refractivity (Wildman–Crippen MR) is 74.2 cm³/mol. The van der Waals surface area contributed by atoms with E-state index in [9.17, 15) is 8.42 Å². The zero-order valence-electron chi connectivity index (χ0n) is 11.1. The first kappa shape index (κ1) is 14.9. The molecule has 1 aromatic rings. The lowest BCUT2D eigenvalue weighted by molar-refractivity contribution is 0.588. The third-order valence-electron chi connectivity index (χ3n) is 2.74. The molecule has 1 rings (SSSR count). The Labute approximate surface area is 109 Å². The zero-order valence-corrected chi connectivity index (χ0v) is 11.9. The van der Waals surface area contributed by atoms with Crippen LogP contribution < -0.4 is 15.4 Å². The molecule has 5 nitrogen and oxygen atoms in total. The van der Waals surface area contributed by atoms with Crippen LogP contribution in [-0.4, -0.2) is 34.6 Å². The van der Waals surface area contributed by atoms with Gasteiger partial charge in [-0.2, -0.15) is 0 Å². The predicted octanol–water partition coefficient (Wildman–Crippen LogP) is 0.768. The Morgan fingerprint density at radius 3 is 2.22 bits per heavy atom. The van der Waals surface area contributed by atoms with E-state index >= 15 is 0 Å². The van der Waals surface area contributed by atoms with Crippen LogP contribution >= 0.6 is 0 Å². The molecular formula is C12H21N3O2S. The van der Waals surface area contributed by atoms with Crippen LogP contribution in [0.3, 0.4) is 0 Å². The summed E-state index contributed by atoms with van der Waals surface area (Å²) in [6.45, 7) is 5.46. The molecule has 0 fully saturated rings. The number of hydrogen-bond donors (Lipinski definition) is 2. The van der Waals surface area contributed by atoms with E-state index in [1.54, 1.807) is 24.3 Å². The smallest absolute Gasteiger partial charge is 0.240 e. The summed E-state index contributed by atoms with van der Waals surface area (Å²) in [5.41, 5.74) is 6.56.